The third kappa shape index (κ3) is 2.94. The summed E-state index contributed by atoms with van der Waals surface area (Å²) in [4.78, 5) is 34.7. The Morgan fingerprint density at radius 1 is 1.19 bits per heavy atom. The molecule has 3 heterocycles. The molecule has 0 unspecified atom stereocenters. The first-order valence-electron chi connectivity index (χ1n) is 8.32. The summed E-state index contributed by atoms with van der Waals surface area (Å²) in [5.41, 5.74) is 2.24. The molecule has 0 radical (unpaired) electrons. The van der Waals surface area contributed by atoms with Gasteiger partial charge in [-0.1, -0.05) is 0 Å². The number of rotatable bonds is 3. The molecule has 1 fully saturated rings. The predicted octanol–water partition coefficient (Wildman–Crippen LogP) is 2.94. The van der Waals surface area contributed by atoms with Crippen molar-refractivity contribution in [3.63, 3.8) is 0 Å². The van der Waals surface area contributed by atoms with E-state index in [0.29, 0.717) is 12.1 Å². The van der Waals surface area contributed by atoms with E-state index in [2.05, 4.69) is 9.97 Å². The summed E-state index contributed by atoms with van der Waals surface area (Å²) in [7, 11) is 0. The second kappa shape index (κ2) is 6.49. The van der Waals surface area contributed by atoms with Gasteiger partial charge in [-0.15, -0.1) is 11.3 Å². The third-order valence-corrected chi connectivity index (χ3v) is 5.75. The molecule has 2 aromatic heterocycles. The highest BCUT2D eigenvalue weighted by Gasteiger charge is 2.40. The zero-order valence-electron chi connectivity index (χ0n) is 14.1. The van der Waals surface area contributed by atoms with Crippen LogP contribution in [0.25, 0.3) is 10.2 Å². The Balaban J connectivity index is 1.62. The maximum absolute atomic E-state index is 12.9. The number of fused-ring (bicyclic) bond motifs is 1. The van der Waals surface area contributed by atoms with Crippen LogP contribution in [0.1, 0.15) is 26.8 Å². The number of carboxylic acid groups (broad SMARTS) is 1. The van der Waals surface area contributed by atoms with Gasteiger partial charge in [0, 0.05) is 37.0 Å². The number of aromatic nitrogens is 2. The third-order valence-electron chi connectivity index (χ3n) is 4.80. The average molecular weight is 367 g/mol. The quantitative estimate of drug-likeness (QED) is 0.769. The van der Waals surface area contributed by atoms with Crippen molar-refractivity contribution in [1.29, 1.82) is 0 Å². The summed E-state index contributed by atoms with van der Waals surface area (Å²) >= 11 is 1.59. The Kier molecular flexibility index (Phi) is 4.16. The fraction of sp³-hybridized carbons (Fsp3) is 0.263. The molecule has 1 N–H and O–H groups in total. The number of amides is 1. The van der Waals surface area contributed by atoms with Crippen molar-refractivity contribution < 1.29 is 14.7 Å². The van der Waals surface area contributed by atoms with Crippen molar-refractivity contribution in [2.75, 3.05) is 13.1 Å². The summed E-state index contributed by atoms with van der Waals surface area (Å²) in [5, 5.41) is 10.6. The highest BCUT2D eigenvalue weighted by molar-refractivity contribution is 7.18. The minimum absolute atomic E-state index is 0.152. The molecule has 4 rings (SSSR count). The molecule has 1 aliphatic rings. The number of pyridine rings is 1. The van der Waals surface area contributed by atoms with Crippen LogP contribution in [-0.2, 0) is 4.79 Å². The summed E-state index contributed by atoms with van der Waals surface area (Å²) < 4.78 is 1.04. The molecule has 3 aromatic rings. The zero-order chi connectivity index (χ0) is 18.3. The fourth-order valence-electron chi connectivity index (χ4n) is 3.53. The van der Waals surface area contributed by atoms with E-state index in [-0.39, 0.29) is 18.4 Å². The van der Waals surface area contributed by atoms with Crippen LogP contribution in [0.15, 0.2) is 42.7 Å². The van der Waals surface area contributed by atoms with Crippen LogP contribution in [0.4, 0.5) is 0 Å². The van der Waals surface area contributed by atoms with Gasteiger partial charge in [0.15, 0.2) is 0 Å². The van der Waals surface area contributed by atoms with Gasteiger partial charge in [-0.2, -0.15) is 0 Å². The molecule has 1 saturated heterocycles. The highest BCUT2D eigenvalue weighted by atomic mass is 32.1. The molecule has 6 nitrogen and oxygen atoms in total. The topological polar surface area (TPSA) is 83.4 Å². The van der Waals surface area contributed by atoms with E-state index in [4.69, 9.17) is 0 Å². The standard InChI is InChI=1S/C19H17N3O3S/c1-11-21-16-8-13(2-3-17(16)26-11)18(23)22-9-14(15(10-22)19(24)25)12-4-6-20-7-5-12/h2-8,14-15H,9-10H2,1H3,(H,24,25)/t14-,15+/m1/s1. The molecule has 26 heavy (non-hydrogen) atoms. The second-order valence-electron chi connectivity index (χ2n) is 6.46. The van der Waals surface area contributed by atoms with Gasteiger partial charge >= 0.3 is 5.97 Å². The second-order valence-corrected chi connectivity index (χ2v) is 7.69. The van der Waals surface area contributed by atoms with Gasteiger partial charge in [0.05, 0.1) is 21.1 Å². The van der Waals surface area contributed by atoms with Crippen molar-refractivity contribution in [2.45, 2.75) is 12.8 Å². The first-order chi connectivity index (χ1) is 12.5. The maximum Gasteiger partial charge on any atom is 0.308 e. The highest BCUT2D eigenvalue weighted by Crippen LogP contribution is 2.34. The summed E-state index contributed by atoms with van der Waals surface area (Å²) in [6, 6.07) is 9.12. The fourth-order valence-corrected chi connectivity index (χ4v) is 4.33. The Bertz CT molecular complexity index is 986. The minimum Gasteiger partial charge on any atom is -0.481 e. The molecule has 1 aliphatic heterocycles. The molecule has 0 spiro atoms. The van der Waals surface area contributed by atoms with Crippen LogP contribution in [-0.4, -0.2) is 44.9 Å². The average Bonchev–Trinajstić information content (AvgIpc) is 3.24. The molecule has 7 heteroatoms. The Morgan fingerprint density at radius 3 is 2.69 bits per heavy atom. The number of aryl methyl sites for hydroxylation is 1. The number of nitrogens with zero attached hydrogens (tertiary/aromatic N) is 3. The molecular formula is C19H17N3O3S. The normalized spacial score (nSPS) is 19.8. The number of benzene rings is 1. The first-order valence-corrected chi connectivity index (χ1v) is 9.14. The van der Waals surface area contributed by atoms with E-state index in [0.717, 1.165) is 20.8 Å². The summed E-state index contributed by atoms with van der Waals surface area (Å²) in [5.74, 6) is -1.88. The molecule has 1 aromatic carbocycles. The van der Waals surface area contributed by atoms with Gasteiger partial charge in [0.1, 0.15) is 0 Å². The molecule has 132 valence electrons. The minimum atomic E-state index is -0.882. The Labute approximate surface area is 154 Å². The van der Waals surface area contributed by atoms with Crippen LogP contribution >= 0.6 is 11.3 Å². The molecular weight excluding hydrogens is 350 g/mol. The molecule has 0 aliphatic carbocycles. The predicted molar refractivity (Wildman–Crippen MR) is 98.4 cm³/mol. The summed E-state index contributed by atoms with van der Waals surface area (Å²) in [6.07, 6.45) is 3.30. The Hall–Kier alpha value is -2.80. The number of carbonyl (C=O) groups is 2. The van der Waals surface area contributed by atoms with Gasteiger partial charge in [0.2, 0.25) is 0 Å². The monoisotopic (exact) mass is 367 g/mol. The van der Waals surface area contributed by atoms with Gasteiger partial charge in [-0.05, 0) is 42.8 Å². The SMILES string of the molecule is Cc1nc2cc(C(=O)N3C[C@H](C(=O)O)[C@@H](c4ccncc4)C3)ccc2s1. The lowest BCUT2D eigenvalue weighted by Crippen LogP contribution is -2.29. The molecule has 0 bridgehead atoms. The van der Waals surface area contributed by atoms with Crippen molar-refractivity contribution in [3.8, 4) is 0 Å². The van der Waals surface area contributed by atoms with E-state index < -0.39 is 11.9 Å². The van der Waals surface area contributed by atoms with Crippen molar-refractivity contribution >= 4 is 33.4 Å². The molecule has 2 atom stereocenters. The van der Waals surface area contributed by atoms with Crippen LogP contribution in [0.5, 0.6) is 0 Å². The number of carbonyl (C=O) groups excluding carboxylic acids is 1. The lowest BCUT2D eigenvalue weighted by Gasteiger charge is -2.16. The lowest BCUT2D eigenvalue weighted by molar-refractivity contribution is -0.141. The number of hydrogen-bond acceptors (Lipinski definition) is 5. The number of likely N-dealkylation sites (tertiary alicyclic amines) is 1. The number of carboxylic acids is 1. The number of hydrogen-bond donors (Lipinski definition) is 1. The number of aliphatic carboxylic acids is 1. The van der Waals surface area contributed by atoms with E-state index in [1.54, 1.807) is 40.8 Å². The zero-order valence-corrected chi connectivity index (χ0v) is 14.9. The summed E-state index contributed by atoms with van der Waals surface area (Å²) in [6.45, 7) is 2.52. The van der Waals surface area contributed by atoms with Crippen LogP contribution < -0.4 is 0 Å². The van der Waals surface area contributed by atoms with Gasteiger partial charge < -0.3 is 10.0 Å². The maximum atomic E-state index is 12.9. The van der Waals surface area contributed by atoms with E-state index >= 15 is 0 Å². The van der Waals surface area contributed by atoms with Crippen molar-refractivity contribution in [2.24, 2.45) is 5.92 Å². The smallest absolute Gasteiger partial charge is 0.308 e. The first kappa shape index (κ1) is 16.7. The largest absolute Gasteiger partial charge is 0.481 e. The van der Waals surface area contributed by atoms with Crippen LogP contribution in [0, 0.1) is 12.8 Å². The van der Waals surface area contributed by atoms with E-state index in [9.17, 15) is 14.7 Å². The van der Waals surface area contributed by atoms with E-state index in [1.807, 2.05) is 25.1 Å². The lowest BCUT2D eigenvalue weighted by atomic mass is 9.90. The van der Waals surface area contributed by atoms with Crippen LogP contribution in [0.3, 0.4) is 0 Å². The Morgan fingerprint density at radius 2 is 1.96 bits per heavy atom. The molecule has 1 amide bonds. The number of thiazole rings is 1. The molecule has 0 saturated carbocycles. The van der Waals surface area contributed by atoms with Crippen molar-refractivity contribution in [1.82, 2.24) is 14.9 Å². The van der Waals surface area contributed by atoms with Gasteiger partial charge in [-0.25, -0.2) is 4.98 Å². The van der Waals surface area contributed by atoms with Gasteiger partial charge in [0.25, 0.3) is 5.91 Å². The van der Waals surface area contributed by atoms with Crippen LogP contribution in [0.2, 0.25) is 0 Å². The van der Waals surface area contributed by atoms with Crippen molar-refractivity contribution in [3.05, 3.63) is 58.9 Å². The van der Waals surface area contributed by atoms with Gasteiger partial charge in [-0.3, -0.25) is 14.6 Å². The van der Waals surface area contributed by atoms with E-state index in [1.165, 1.54) is 0 Å².